The van der Waals surface area contributed by atoms with Crippen molar-refractivity contribution in [3.05, 3.63) is 33.8 Å². The van der Waals surface area contributed by atoms with Crippen molar-refractivity contribution in [3.63, 3.8) is 0 Å². The summed E-state index contributed by atoms with van der Waals surface area (Å²) in [6, 6.07) is 3.69. The second-order valence-electron chi connectivity index (χ2n) is 3.37. The molecule has 0 radical (unpaired) electrons. The van der Waals surface area contributed by atoms with Gasteiger partial charge in [-0.05, 0) is 11.6 Å². The van der Waals surface area contributed by atoms with E-state index in [9.17, 15) is 13.2 Å². The van der Waals surface area contributed by atoms with E-state index in [2.05, 4.69) is 5.32 Å². The lowest BCUT2D eigenvalue weighted by atomic mass is 10.1. The Hall–Kier alpha value is -0.490. The summed E-state index contributed by atoms with van der Waals surface area (Å²) in [7, 11) is 0. The summed E-state index contributed by atoms with van der Waals surface area (Å²) in [6.45, 7) is -1.71. The van der Waals surface area contributed by atoms with Crippen molar-refractivity contribution >= 4 is 23.2 Å². The van der Waals surface area contributed by atoms with Crippen molar-refractivity contribution in [1.82, 2.24) is 5.32 Å². The van der Waals surface area contributed by atoms with Gasteiger partial charge in [-0.2, -0.15) is 13.2 Å². The summed E-state index contributed by atoms with van der Waals surface area (Å²) < 4.78 is 36.1. The van der Waals surface area contributed by atoms with Gasteiger partial charge in [0.1, 0.15) is 0 Å². The smallest absolute Gasteiger partial charge is 0.394 e. The number of hydrogen-bond acceptors (Lipinski definition) is 2. The van der Waals surface area contributed by atoms with Crippen LogP contribution in [0.1, 0.15) is 11.6 Å². The van der Waals surface area contributed by atoms with Gasteiger partial charge in [-0.3, -0.25) is 5.32 Å². The summed E-state index contributed by atoms with van der Waals surface area (Å²) >= 11 is 11.6. The van der Waals surface area contributed by atoms with Gasteiger partial charge in [0, 0.05) is 0 Å². The van der Waals surface area contributed by atoms with Gasteiger partial charge in [-0.15, -0.1) is 0 Å². The third-order valence-corrected chi connectivity index (χ3v) is 2.92. The van der Waals surface area contributed by atoms with Gasteiger partial charge >= 0.3 is 6.18 Å². The van der Waals surface area contributed by atoms with Crippen LogP contribution in [0.15, 0.2) is 18.2 Å². The lowest BCUT2D eigenvalue weighted by Crippen LogP contribution is -2.33. The maximum Gasteiger partial charge on any atom is 0.401 e. The second kappa shape index (κ2) is 5.91. The topological polar surface area (TPSA) is 32.3 Å². The van der Waals surface area contributed by atoms with Crippen LogP contribution >= 0.6 is 23.2 Å². The molecule has 1 aromatic carbocycles. The van der Waals surface area contributed by atoms with Crippen LogP contribution in [-0.2, 0) is 0 Å². The zero-order chi connectivity index (χ0) is 13.1. The van der Waals surface area contributed by atoms with Gasteiger partial charge in [0.05, 0.1) is 29.2 Å². The zero-order valence-corrected chi connectivity index (χ0v) is 10.1. The molecule has 0 aromatic heterocycles. The number of aliphatic hydroxyl groups excluding tert-OH is 1. The van der Waals surface area contributed by atoms with Crippen LogP contribution in [0, 0.1) is 0 Å². The van der Waals surface area contributed by atoms with E-state index in [4.69, 9.17) is 28.3 Å². The molecule has 1 aromatic rings. The Kier molecular flexibility index (Phi) is 5.06. The van der Waals surface area contributed by atoms with Crippen LogP contribution in [0.5, 0.6) is 0 Å². The molecule has 0 heterocycles. The van der Waals surface area contributed by atoms with Gasteiger partial charge < -0.3 is 5.11 Å². The molecule has 0 amide bonds. The maximum absolute atomic E-state index is 12.0. The van der Waals surface area contributed by atoms with Crippen LogP contribution in [0.2, 0.25) is 10.0 Å². The number of alkyl halides is 3. The Bertz CT molecular complexity index is 384. The van der Waals surface area contributed by atoms with Crippen molar-refractivity contribution in [3.8, 4) is 0 Å². The van der Waals surface area contributed by atoms with Crippen molar-refractivity contribution in [1.29, 1.82) is 0 Å². The minimum atomic E-state index is -4.35. The maximum atomic E-state index is 12.0. The average Bonchev–Trinajstić information content (AvgIpc) is 2.23. The van der Waals surface area contributed by atoms with Crippen molar-refractivity contribution in [2.24, 2.45) is 0 Å². The number of nitrogens with one attached hydrogen (secondary N) is 1. The molecule has 1 rings (SSSR count). The summed E-state index contributed by atoms with van der Waals surface area (Å²) in [5.74, 6) is 0. The van der Waals surface area contributed by atoms with E-state index in [1.807, 2.05) is 0 Å². The highest BCUT2D eigenvalue weighted by molar-refractivity contribution is 6.42. The summed E-state index contributed by atoms with van der Waals surface area (Å²) in [5, 5.41) is 11.6. The first kappa shape index (κ1) is 14.6. The number of benzene rings is 1. The van der Waals surface area contributed by atoms with Gasteiger partial charge in [0.25, 0.3) is 0 Å². The molecule has 1 unspecified atom stereocenters. The normalized spacial score (nSPS) is 13.8. The highest BCUT2D eigenvalue weighted by atomic mass is 35.5. The predicted molar refractivity (Wildman–Crippen MR) is 60.3 cm³/mol. The molecular weight excluding hydrogens is 278 g/mol. The predicted octanol–water partition coefficient (Wildman–Crippen LogP) is 3.18. The minimum absolute atomic E-state index is 0.142. The Morgan fingerprint density at radius 2 is 1.94 bits per heavy atom. The monoisotopic (exact) mass is 287 g/mol. The molecule has 0 aliphatic rings. The number of hydrogen-bond donors (Lipinski definition) is 2. The fraction of sp³-hybridized carbons (Fsp3) is 0.400. The van der Waals surface area contributed by atoms with E-state index in [0.29, 0.717) is 5.56 Å². The lowest BCUT2D eigenvalue weighted by molar-refractivity contribution is -0.126. The quantitative estimate of drug-likeness (QED) is 0.892. The zero-order valence-electron chi connectivity index (χ0n) is 8.56. The molecule has 0 bridgehead atoms. The van der Waals surface area contributed by atoms with Crippen LogP contribution < -0.4 is 5.32 Å². The molecule has 0 aliphatic carbocycles. The fourth-order valence-electron chi connectivity index (χ4n) is 1.30. The standard InChI is InChI=1S/C10H10Cl2F3NO/c11-7-3-1-2-6(9(7)12)8(4-17)16-5-10(13,14)15/h1-3,8,16-17H,4-5H2. The number of halogens is 5. The summed E-state index contributed by atoms with van der Waals surface area (Å²) in [5.41, 5.74) is 0.339. The molecule has 1 atom stereocenters. The second-order valence-corrected chi connectivity index (χ2v) is 4.16. The number of rotatable bonds is 4. The first-order chi connectivity index (χ1) is 7.85. The first-order valence-electron chi connectivity index (χ1n) is 4.70. The van der Waals surface area contributed by atoms with E-state index < -0.39 is 25.4 Å². The fourth-order valence-corrected chi connectivity index (χ4v) is 1.74. The highest BCUT2D eigenvalue weighted by Gasteiger charge is 2.28. The van der Waals surface area contributed by atoms with E-state index in [1.165, 1.54) is 12.1 Å². The molecular formula is C10H10Cl2F3NO. The van der Waals surface area contributed by atoms with Crippen molar-refractivity contribution in [2.75, 3.05) is 13.2 Å². The molecule has 7 heteroatoms. The Morgan fingerprint density at radius 3 is 2.47 bits per heavy atom. The Balaban J connectivity index is 2.83. The summed E-state index contributed by atoms with van der Waals surface area (Å²) in [4.78, 5) is 0. The molecule has 2 nitrogen and oxygen atoms in total. The van der Waals surface area contributed by atoms with E-state index in [1.54, 1.807) is 6.07 Å². The molecule has 0 fully saturated rings. The van der Waals surface area contributed by atoms with Crippen LogP contribution in [-0.4, -0.2) is 24.4 Å². The van der Waals surface area contributed by atoms with E-state index in [0.717, 1.165) is 0 Å². The van der Waals surface area contributed by atoms with Crippen molar-refractivity contribution in [2.45, 2.75) is 12.2 Å². The molecule has 17 heavy (non-hydrogen) atoms. The Morgan fingerprint density at radius 1 is 1.29 bits per heavy atom. The van der Waals surface area contributed by atoms with Gasteiger partial charge in [-0.1, -0.05) is 35.3 Å². The van der Waals surface area contributed by atoms with E-state index in [-0.39, 0.29) is 10.0 Å². The van der Waals surface area contributed by atoms with Gasteiger partial charge in [0.15, 0.2) is 0 Å². The number of aliphatic hydroxyl groups is 1. The SMILES string of the molecule is OCC(NCC(F)(F)F)c1cccc(Cl)c1Cl. The lowest BCUT2D eigenvalue weighted by Gasteiger charge is -2.19. The summed E-state index contributed by atoms with van der Waals surface area (Å²) in [6.07, 6.45) is -4.35. The average molecular weight is 288 g/mol. The molecule has 0 spiro atoms. The first-order valence-corrected chi connectivity index (χ1v) is 5.45. The van der Waals surface area contributed by atoms with Gasteiger partial charge in [-0.25, -0.2) is 0 Å². The molecule has 0 saturated heterocycles. The third kappa shape index (κ3) is 4.35. The van der Waals surface area contributed by atoms with Crippen LogP contribution in [0.4, 0.5) is 13.2 Å². The van der Waals surface area contributed by atoms with Crippen LogP contribution in [0.25, 0.3) is 0 Å². The molecule has 96 valence electrons. The molecule has 2 N–H and O–H groups in total. The third-order valence-electron chi connectivity index (χ3n) is 2.09. The minimum Gasteiger partial charge on any atom is -0.394 e. The molecule has 0 aliphatic heterocycles. The van der Waals surface area contributed by atoms with Crippen LogP contribution in [0.3, 0.4) is 0 Å². The largest absolute Gasteiger partial charge is 0.401 e. The molecule has 0 saturated carbocycles. The van der Waals surface area contributed by atoms with Gasteiger partial charge in [0.2, 0.25) is 0 Å². The Labute approximate surface area is 106 Å². The van der Waals surface area contributed by atoms with E-state index >= 15 is 0 Å². The highest BCUT2D eigenvalue weighted by Crippen LogP contribution is 2.30. The van der Waals surface area contributed by atoms with Crippen molar-refractivity contribution < 1.29 is 18.3 Å².